The zero-order valence-corrected chi connectivity index (χ0v) is 11.4. The van der Waals surface area contributed by atoms with Crippen LogP contribution < -0.4 is 0 Å². The number of benzene rings is 1. The van der Waals surface area contributed by atoms with Gasteiger partial charge in [-0.05, 0) is 42.4 Å². The summed E-state index contributed by atoms with van der Waals surface area (Å²) >= 11 is 1.76. The third-order valence-electron chi connectivity index (χ3n) is 3.80. The molecule has 1 heterocycles. The molecule has 1 aliphatic carbocycles. The highest BCUT2D eigenvalue weighted by Gasteiger charge is 2.44. The fourth-order valence-corrected chi connectivity index (χ4v) is 3.62. The van der Waals surface area contributed by atoms with E-state index in [-0.39, 0.29) is 6.10 Å². The van der Waals surface area contributed by atoms with Crippen molar-refractivity contribution in [1.82, 2.24) is 0 Å². The summed E-state index contributed by atoms with van der Waals surface area (Å²) < 4.78 is 0. The molecule has 1 N–H and O–H groups in total. The Bertz CT molecular complexity index is 517. The van der Waals surface area contributed by atoms with Crippen molar-refractivity contribution in [2.24, 2.45) is 5.92 Å². The van der Waals surface area contributed by atoms with Crippen molar-refractivity contribution in [1.29, 1.82) is 0 Å². The van der Waals surface area contributed by atoms with E-state index in [1.54, 1.807) is 11.3 Å². The van der Waals surface area contributed by atoms with Crippen LogP contribution in [0.25, 0.3) is 0 Å². The first-order chi connectivity index (χ1) is 8.79. The van der Waals surface area contributed by atoms with Gasteiger partial charge < -0.3 is 5.11 Å². The van der Waals surface area contributed by atoms with E-state index in [0.29, 0.717) is 11.8 Å². The summed E-state index contributed by atoms with van der Waals surface area (Å²) in [5, 5.41) is 10.4. The van der Waals surface area contributed by atoms with Crippen LogP contribution in [0.5, 0.6) is 0 Å². The van der Waals surface area contributed by atoms with E-state index in [2.05, 4.69) is 43.3 Å². The van der Waals surface area contributed by atoms with Crippen LogP contribution >= 0.6 is 11.3 Å². The third-order valence-corrected chi connectivity index (χ3v) is 5.10. The summed E-state index contributed by atoms with van der Waals surface area (Å²) in [5.41, 5.74) is 1.37. The van der Waals surface area contributed by atoms with Gasteiger partial charge in [0.05, 0.1) is 6.10 Å². The summed E-state index contributed by atoms with van der Waals surface area (Å²) in [4.78, 5) is 2.50. The zero-order chi connectivity index (χ0) is 12.5. The highest BCUT2D eigenvalue weighted by atomic mass is 32.1. The lowest BCUT2D eigenvalue weighted by Gasteiger charge is -2.08. The average molecular weight is 258 g/mol. The van der Waals surface area contributed by atoms with Crippen LogP contribution in [0, 0.1) is 5.92 Å². The van der Waals surface area contributed by atoms with Gasteiger partial charge in [-0.1, -0.05) is 37.3 Å². The average Bonchev–Trinajstić information content (AvgIpc) is 3.08. The van der Waals surface area contributed by atoms with Crippen LogP contribution in [-0.2, 0) is 6.42 Å². The highest BCUT2D eigenvalue weighted by Crippen LogP contribution is 2.54. The number of hydrogen-bond acceptors (Lipinski definition) is 2. The minimum atomic E-state index is -0.277. The van der Waals surface area contributed by atoms with Gasteiger partial charge in [-0.25, -0.2) is 0 Å². The number of rotatable bonds is 4. The maximum absolute atomic E-state index is 10.4. The van der Waals surface area contributed by atoms with E-state index in [1.165, 1.54) is 10.4 Å². The molecule has 1 aliphatic rings. The summed E-state index contributed by atoms with van der Waals surface area (Å²) in [7, 11) is 0. The Morgan fingerprint density at radius 1 is 1.22 bits per heavy atom. The van der Waals surface area contributed by atoms with Crippen molar-refractivity contribution < 1.29 is 5.11 Å². The van der Waals surface area contributed by atoms with Crippen molar-refractivity contribution in [2.45, 2.75) is 31.8 Å². The lowest BCUT2D eigenvalue weighted by molar-refractivity contribution is 0.155. The van der Waals surface area contributed by atoms with Gasteiger partial charge in [-0.3, -0.25) is 0 Å². The second-order valence-corrected chi connectivity index (χ2v) is 6.22. The molecule has 0 radical (unpaired) electrons. The van der Waals surface area contributed by atoms with Gasteiger partial charge in [0.15, 0.2) is 0 Å². The summed E-state index contributed by atoms with van der Waals surface area (Å²) in [6.07, 6.45) is 1.90. The van der Waals surface area contributed by atoms with E-state index in [9.17, 15) is 5.11 Å². The van der Waals surface area contributed by atoms with Crippen LogP contribution in [0.3, 0.4) is 0 Å². The fraction of sp³-hybridized carbons (Fsp3) is 0.375. The quantitative estimate of drug-likeness (QED) is 0.873. The molecule has 3 unspecified atom stereocenters. The zero-order valence-electron chi connectivity index (χ0n) is 10.5. The Balaban J connectivity index is 1.70. The number of aliphatic hydroxyl groups is 1. The second-order valence-electron chi connectivity index (χ2n) is 5.02. The molecule has 2 aromatic rings. The summed E-state index contributed by atoms with van der Waals surface area (Å²) in [5.74, 6) is 0.962. The third kappa shape index (κ3) is 2.23. The van der Waals surface area contributed by atoms with Crippen molar-refractivity contribution in [3.05, 3.63) is 57.8 Å². The molecule has 2 heteroatoms. The first kappa shape index (κ1) is 11.9. The summed E-state index contributed by atoms with van der Waals surface area (Å²) in [6, 6.07) is 14.8. The molecular formula is C16H18OS. The van der Waals surface area contributed by atoms with Gasteiger partial charge in [0, 0.05) is 9.75 Å². The largest absolute Gasteiger partial charge is 0.387 e. The van der Waals surface area contributed by atoms with Gasteiger partial charge in [0.1, 0.15) is 0 Å². The fourth-order valence-electron chi connectivity index (χ4n) is 2.60. The van der Waals surface area contributed by atoms with E-state index < -0.39 is 0 Å². The minimum Gasteiger partial charge on any atom is -0.387 e. The molecule has 1 aromatic heterocycles. The molecule has 3 rings (SSSR count). The van der Waals surface area contributed by atoms with Crippen molar-refractivity contribution in [3.8, 4) is 0 Å². The van der Waals surface area contributed by atoms with Gasteiger partial charge in [-0.2, -0.15) is 0 Å². The minimum absolute atomic E-state index is 0.277. The Morgan fingerprint density at radius 2 is 2.00 bits per heavy atom. The van der Waals surface area contributed by atoms with Gasteiger partial charge in [0.25, 0.3) is 0 Å². The van der Waals surface area contributed by atoms with Crippen LogP contribution in [0.4, 0.5) is 0 Å². The van der Waals surface area contributed by atoms with E-state index in [1.807, 2.05) is 6.07 Å². The first-order valence-electron chi connectivity index (χ1n) is 6.61. The summed E-state index contributed by atoms with van der Waals surface area (Å²) in [6.45, 7) is 2.16. The van der Waals surface area contributed by atoms with Gasteiger partial charge in [-0.15, -0.1) is 11.3 Å². The van der Waals surface area contributed by atoms with E-state index in [0.717, 1.165) is 17.7 Å². The maximum Gasteiger partial charge on any atom is 0.0916 e. The van der Waals surface area contributed by atoms with Crippen LogP contribution in [0.1, 0.15) is 40.7 Å². The Labute approximate surface area is 112 Å². The van der Waals surface area contributed by atoms with E-state index in [4.69, 9.17) is 0 Å². The Hall–Kier alpha value is -1.12. The maximum atomic E-state index is 10.4. The molecule has 0 saturated heterocycles. The predicted molar refractivity (Wildman–Crippen MR) is 75.9 cm³/mol. The molecule has 18 heavy (non-hydrogen) atoms. The monoisotopic (exact) mass is 258 g/mol. The second kappa shape index (κ2) is 4.87. The number of aryl methyl sites for hydroxylation is 1. The molecule has 1 saturated carbocycles. The SMILES string of the molecule is CCc1ccc(C(O)C2CC2c2ccccc2)s1. The Morgan fingerprint density at radius 3 is 2.67 bits per heavy atom. The van der Waals surface area contributed by atoms with Crippen LogP contribution in [-0.4, -0.2) is 5.11 Å². The lowest BCUT2D eigenvalue weighted by atomic mass is 10.1. The molecule has 0 bridgehead atoms. The standard InChI is InChI=1S/C16H18OS/c1-2-12-8-9-15(18-12)16(17)14-10-13(14)11-6-4-3-5-7-11/h3-9,13-14,16-17H,2,10H2,1H3. The smallest absolute Gasteiger partial charge is 0.0916 e. The molecule has 3 atom stereocenters. The molecular weight excluding hydrogens is 240 g/mol. The van der Waals surface area contributed by atoms with Gasteiger partial charge >= 0.3 is 0 Å². The lowest BCUT2D eigenvalue weighted by Crippen LogP contribution is -1.98. The van der Waals surface area contributed by atoms with Crippen molar-refractivity contribution >= 4 is 11.3 Å². The van der Waals surface area contributed by atoms with E-state index >= 15 is 0 Å². The molecule has 94 valence electrons. The van der Waals surface area contributed by atoms with Crippen LogP contribution in [0.15, 0.2) is 42.5 Å². The normalized spacial score (nSPS) is 23.9. The van der Waals surface area contributed by atoms with Crippen molar-refractivity contribution in [2.75, 3.05) is 0 Å². The topological polar surface area (TPSA) is 20.2 Å². The van der Waals surface area contributed by atoms with Crippen molar-refractivity contribution in [3.63, 3.8) is 0 Å². The molecule has 0 aliphatic heterocycles. The molecule has 1 nitrogen and oxygen atoms in total. The van der Waals surface area contributed by atoms with Crippen LogP contribution in [0.2, 0.25) is 0 Å². The number of thiophene rings is 1. The molecule has 1 aromatic carbocycles. The highest BCUT2D eigenvalue weighted by molar-refractivity contribution is 7.12. The number of aliphatic hydroxyl groups excluding tert-OH is 1. The number of hydrogen-bond donors (Lipinski definition) is 1. The van der Waals surface area contributed by atoms with Gasteiger partial charge in [0.2, 0.25) is 0 Å². The molecule has 0 spiro atoms. The molecule has 0 amide bonds. The molecule has 1 fully saturated rings. The Kier molecular flexibility index (Phi) is 3.23. The predicted octanol–water partition coefficient (Wildman–Crippen LogP) is 4.15. The first-order valence-corrected chi connectivity index (χ1v) is 7.43.